The average molecular weight is 370 g/mol. The van der Waals surface area contributed by atoms with E-state index >= 15 is 0 Å². The van der Waals surface area contributed by atoms with Crippen LogP contribution in [0.2, 0.25) is 0 Å². The minimum atomic E-state index is -0.699. The molecule has 1 saturated heterocycles. The number of hydrogen-bond acceptors (Lipinski definition) is 2. The van der Waals surface area contributed by atoms with Gasteiger partial charge in [-0.25, -0.2) is 4.79 Å². The van der Waals surface area contributed by atoms with Gasteiger partial charge in [-0.3, -0.25) is 4.79 Å². The number of nitrogens with one attached hydrogen (secondary N) is 1. The second-order valence-corrected chi connectivity index (χ2v) is 8.52. The van der Waals surface area contributed by atoms with Crippen LogP contribution in [0.3, 0.4) is 0 Å². The van der Waals surface area contributed by atoms with Crippen LogP contribution in [0.1, 0.15) is 62.8 Å². The third-order valence-electron chi connectivity index (χ3n) is 6.98. The molecule has 146 valence electrons. The summed E-state index contributed by atoms with van der Waals surface area (Å²) in [5.41, 5.74) is 1.35. The van der Waals surface area contributed by atoms with Crippen LogP contribution in [0.5, 0.6) is 0 Å². The van der Waals surface area contributed by atoms with Crippen LogP contribution in [-0.4, -0.2) is 40.6 Å². The van der Waals surface area contributed by atoms with Gasteiger partial charge in [-0.15, -0.1) is 0 Å². The van der Waals surface area contributed by atoms with Gasteiger partial charge in [-0.05, 0) is 50.0 Å². The number of urea groups is 1. The maximum absolute atomic E-state index is 13.1. The Hall–Kier alpha value is -2.04. The van der Waals surface area contributed by atoms with Gasteiger partial charge >= 0.3 is 12.0 Å². The Morgan fingerprint density at radius 1 is 0.963 bits per heavy atom. The van der Waals surface area contributed by atoms with E-state index in [4.69, 9.17) is 5.11 Å². The van der Waals surface area contributed by atoms with E-state index in [1.54, 1.807) is 0 Å². The van der Waals surface area contributed by atoms with Crippen LogP contribution in [0.25, 0.3) is 0 Å². The molecule has 0 radical (unpaired) electrons. The van der Waals surface area contributed by atoms with Gasteiger partial charge in [0.2, 0.25) is 0 Å². The fourth-order valence-corrected chi connectivity index (χ4v) is 5.51. The fourth-order valence-electron chi connectivity index (χ4n) is 5.51. The van der Waals surface area contributed by atoms with Gasteiger partial charge < -0.3 is 15.3 Å². The van der Waals surface area contributed by atoms with E-state index in [0.717, 1.165) is 25.8 Å². The molecule has 5 heteroatoms. The van der Waals surface area contributed by atoms with Crippen LogP contribution in [0.4, 0.5) is 4.79 Å². The molecule has 1 heterocycles. The molecule has 5 nitrogen and oxygen atoms in total. The van der Waals surface area contributed by atoms with Crippen molar-refractivity contribution in [1.82, 2.24) is 10.2 Å². The minimum absolute atomic E-state index is 0.0594. The number of nitrogens with zero attached hydrogens (tertiary/aromatic N) is 1. The van der Waals surface area contributed by atoms with Crippen LogP contribution in [-0.2, 0) is 4.79 Å². The number of carbonyl (C=O) groups excluding carboxylic acids is 1. The number of fused-ring (bicyclic) bond motifs is 1. The molecule has 27 heavy (non-hydrogen) atoms. The fraction of sp³-hybridized carbons (Fsp3) is 0.636. The van der Waals surface area contributed by atoms with Crippen molar-refractivity contribution < 1.29 is 14.7 Å². The molecule has 3 fully saturated rings. The lowest BCUT2D eigenvalue weighted by molar-refractivity contribution is -0.142. The van der Waals surface area contributed by atoms with Crippen molar-refractivity contribution in [2.75, 3.05) is 6.54 Å². The number of aliphatic carboxylic acids is 1. The van der Waals surface area contributed by atoms with Gasteiger partial charge in [0.25, 0.3) is 0 Å². The van der Waals surface area contributed by atoms with E-state index in [9.17, 15) is 9.59 Å². The van der Waals surface area contributed by atoms with Gasteiger partial charge in [0.1, 0.15) is 0 Å². The number of rotatable bonds is 3. The highest BCUT2D eigenvalue weighted by molar-refractivity contribution is 5.76. The van der Waals surface area contributed by atoms with Crippen LogP contribution >= 0.6 is 0 Å². The maximum atomic E-state index is 13.1. The van der Waals surface area contributed by atoms with Crippen molar-refractivity contribution in [2.24, 2.45) is 11.8 Å². The predicted molar refractivity (Wildman–Crippen MR) is 104 cm³/mol. The predicted octanol–water partition coefficient (Wildman–Crippen LogP) is 4.00. The molecule has 2 aliphatic carbocycles. The molecule has 0 aromatic heterocycles. The number of likely N-dealkylation sites (tertiary alicyclic amines) is 1. The summed E-state index contributed by atoms with van der Waals surface area (Å²) in [7, 11) is 0. The highest BCUT2D eigenvalue weighted by Gasteiger charge is 2.45. The quantitative estimate of drug-likeness (QED) is 0.845. The normalized spacial score (nSPS) is 33.3. The minimum Gasteiger partial charge on any atom is -0.481 e. The largest absolute Gasteiger partial charge is 0.481 e. The summed E-state index contributed by atoms with van der Waals surface area (Å²) in [6, 6.07) is 11.2. The van der Waals surface area contributed by atoms with E-state index in [2.05, 4.69) is 40.5 Å². The van der Waals surface area contributed by atoms with Gasteiger partial charge in [0.15, 0.2) is 0 Å². The molecule has 1 aliphatic heterocycles. The molecule has 2 N–H and O–H groups in total. The molecule has 3 aliphatic rings. The number of carboxylic acid groups (broad SMARTS) is 1. The Labute approximate surface area is 161 Å². The summed E-state index contributed by atoms with van der Waals surface area (Å²) in [5.74, 6) is 0.0600. The Morgan fingerprint density at radius 3 is 2.37 bits per heavy atom. The van der Waals surface area contributed by atoms with Gasteiger partial charge in [-0.2, -0.15) is 0 Å². The zero-order valence-corrected chi connectivity index (χ0v) is 15.8. The molecule has 1 aromatic carbocycles. The number of carbonyl (C=O) groups is 2. The second-order valence-electron chi connectivity index (χ2n) is 8.52. The molecule has 0 spiro atoms. The number of benzene rings is 1. The van der Waals surface area contributed by atoms with Crippen LogP contribution < -0.4 is 5.32 Å². The first-order chi connectivity index (χ1) is 13.1. The SMILES string of the molecule is O=C(O)C1CCC(NC(=O)N2CC(c3ccccc3)C3CCCCC32)CC1. The molecule has 2 saturated carbocycles. The first-order valence-corrected chi connectivity index (χ1v) is 10.5. The zero-order chi connectivity index (χ0) is 18.8. The molecule has 0 bridgehead atoms. The summed E-state index contributed by atoms with van der Waals surface area (Å²) in [4.78, 5) is 26.3. The van der Waals surface area contributed by atoms with E-state index in [1.807, 2.05) is 0 Å². The van der Waals surface area contributed by atoms with Crippen molar-refractivity contribution in [3.8, 4) is 0 Å². The van der Waals surface area contributed by atoms with Gasteiger partial charge in [0.05, 0.1) is 5.92 Å². The first-order valence-electron chi connectivity index (χ1n) is 10.5. The number of carboxylic acids is 1. The number of hydrogen-bond donors (Lipinski definition) is 2. The van der Waals surface area contributed by atoms with Crippen LogP contribution in [0, 0.1) is 11.8 Å². The molecule has 4 rings (SSSR count). The second kappa shape index (κ2) is 7.91. The maximum Gasteiger partial charge on any atom is 0.317 e. The van der Waals surface area contributed by atoms with E-state index < -0.39 is 5.97 Å². The van der Waals surface area contributed by atoms with Crippen molar-refractivity contribution in [1.29, 1.82) is 0 Å². The summed E-state index contributed by atoms with van der Waals surface area (Å²) in [6.07, 6.45) is 7.65. The lowest BCUT2D eigenvalue weighted by Crippen LogP contribution is -2.49. The highest BCUT2D eigenvalue weighted by atomic mass is 16.4. The monoisotopic (exact) mass is 370 g/mol. The van der Waals surface area contributed by atoms with Crippen molar-refractivity contribution in [2.45, 2.75) is 69.4 Å². The first kappa shape index (κ1) is 18.3. The molecule has 2 amide bonds. The average Bonchev–Trinajstić information content (AvgIpc) is 3.09. The van der Waals surface area contributed by atoms with Crippen LogP contribution in [0.15, 0.2) is 30.3 Å². The van der Waals surface area contributed by atoms with Crippen molar-refractivity contribution in [3.63, 3.8) is 0 Å². The highest BCUT2D eigenvalue weighted by Crippen LogP contribution is 2.44. The lowest BCUT2D eigenvalue weighted by Gasteiger charge is -2.34. The summed E-state index contributed by atoms with van der Waals surface area (Å²) in [6.45, 7) is 0.801. The molecule has 3 unspecified atom stereocenters. The third kappa shape index (κ3) is 3.83. The van der Waals surface area contributed by atoms with Gasteiger partial charge in [-0.1, -0.05) is 43.2 Å². The van der Waals surface area contributed by atoms with E-state index in [1.165, 1.54) is 24.8 Å². The lowest BCUT2D eigenvalue weighted by atomic mass is 9.77. The Bertz CT molecular complexity index is 669. The topological polar surface area (TPSA) is 69.6 Å². The third-order valence-corrected chi connectivity index (χ3v) is 6.98. The summed E-state index contributed by atoms with van der Waals surface area (Å²) < 4.78 is 0. The summed E-state index contributed by atoms with van der Waals surface area (Å²) >= 11 is 0. The standard InChI is InChI=1S/C22H30N2O3/c25-21(26)16-10-12-17(13-11-16)23-22(27)24-14-19(15-6-2-1-3-7-15)18-8-4-5-9-20(18)24/h1-3,6-7,16-20H,4-5,8-14H2,(H,23,27)(H,25,26). The smallest absolute Gasteiger partial charge is 0.317 e. The molecule has 1 aromatic rings. The van der Waals surface area contributed by atoms with Gasteiger partial charge in [0, 0.05) is 24.5 Å². The molecular formula is C22H30N2O3. The van der Waals surface area contributed by atoms with Crippen molar-refractivity contribution in [3.05, 3.63) is 35.9 Å². The Morgan fingerprint density at radius 2 is 1.67 bits per heavy atom. The summed E-state index contributed by atoms with van der Waals surface area (Å²) in [5, 5.41) is 12.4. The molecule has 3 atom stereocenters. The zero-order valence-electron chi connectivity index (χ0n) is 15.8. The van der Waals surface area contributed by atoms with E-state index in [0.29, 0.717) is 30.7 Å². The van der Waals surface area contributed by atoms with Crippen molar-refractivity contribution >= 4 is 12.0 Å². The molecular weight excluding hydrogens is 340 g/mol. The Balaban J connectivity index is 1.42. The Kier molecular flexibility index (Phi) is 5.37. The van der Waals surface area contributed by atoms with E-state index in [-0.39, 0.29) is 18.0 Å². The number of amides is 2.